The Balaban J connectivity index is 1.50. The summed E-state index contributed by atoms with van der Waals surface area (Å²) in [5.41, 5.74) is 4.92. The molecule has 0 radical (unpaired) electrons. The van der Waals surface area contributed by atoms with Crippen molar-refractivity contribution in [2.75, 3.05) is 36.0 Å². The highest BCUT2D eigenvalue weighted by Crippen LogP contribution is 2.52. The summed E-state index contributed by atoms with van der Waals surface area (Å²) >= 11 is 0. The molecule has 1 atom stereocenters. The molecule has 0 bridgehead atoms. The smallest absolute Gasteiger partial charge is 0.210 e. The fourth-order valence-electron chi connectivity index (χ4n) is 8.31. The molecule has 0 heterocycles. The summed E-state index contributed by atoms with van der Waals surface area (Å²) in [5.74, 6) is 1.43. The molecule has 0 aliphatic heterocycles. The summed E-state index contributed by atoms with van der Waals surface area (Å²) in [4.78, 5) is 23.5. The second-order valence-electron chi connectivity index (χ2n) is 13.9. The van der Waals surface area contributed by atoms with Crippen molar-refractivity contribution in [2.45, 2.75) is 59.3 Å². The third kappa shape index (κ3) is 5.94. The predicted octanol–water partition coefficient (Wildman–Crippen LogP) is 11.7. The maximum atomic E-state index is 14.9. The summed E-state index contributed by atoms with van der Waals surface area (Å²) in [5, 5.41) is 19.0. The van der Waals surface area contributed by atoms with Gasteiger partial charge in [-0.15, -0.1) is 0 Å². The number of fused-ring (bicyclic) bond motifs is 4. The van der Waals surface area contributed by atoms with Gasteiger partial charge in [-0.05, 0) is 111 Å². The zero-order valence-electron chi connectivity index (χ0n) is 30.7. The largest absolute Gasteiger partial charge is 0.775 e. The van der Waals surface area contributed by atoms with Gasteiger partial charge >= 0.3 is 0 Å². The summed E-state index contributed by atoms with van der Waals surface area (Å²) in [6, 6.07) is 33.9. The molecule has 1 aliphatic carbocycles. The fourth-order valence-corrected chi connectivity index (χ4v) is 8.31. The Kier molecular flexibility index (Phi) is 9.95. The number of carbonyl (C=O) groups excluding carboxylic acids is 1. The molecule has 0 saturated heterocycles. The summed E-state index contributed by atoms with van der Waals surface area (Å²) in [6.45, 7) is 20.6. The molecule has 5 heteroatoms. The fraction of sp³-hybridized carbons (Fsp3) is 0.277. The highest BCUT2D eigenvalue weighted by Gasteiger charge is 2.43. The average Bonchev–Trinajstić information content (AvgIpc) is 3.16. The first-order valence-electron chi connectivity index (χ1n) is 18.8. The Morgan fingerprint density at radius 3 is 1.56 bits per heavy atom. The molecule has 0 amide bonds. The van der Waals surface area contributed by atoms with Crippen LogP contribution in [0.3, 0.4) is 0 Å². The van der Waals surface area contributed by atoms with Gasteiger partial charge in [-0.2, -0.15) is 0 Å². The van der Waals surface area contributed by atoms with E-state index in [2.05, 4.69) is 133 Å². The van der Waals surface area contributed by atoms with Crippen LogP contribution in [-0.4, -0.2) is 37.8 Å². The topological polar surface area (TPSA) is 50.2 Å². The normalized spacial score (nSPS) is 14.1. The Morgan fingerprint density at radius 1 is 0.654 bits per heavy atom. The van der Waals surface area contributed by atoms with Crippen LogP contribution in [-0.2, 0) is 4.79 Å². The molecule has 6 aromatic rings. The minimum atomic E-state index is -0.714. The van der Waals surface area contributed by atoms with Crippen molar-refractivity contribution in [3.05, 3.63) is 136 Å². The van der Waals surface area contributed by atoms with Gasteiger partial charge in [0.05, 0.1) is 12.5 Å². The van der Waals surface area contributed by atoms with Crippen LogP contribution in [0.15, 0.2) is 108 Å². The highest BCUT2D eigenvalue weighted by molar-refractivity contribution is 6.37. The standard InChI is InChI=1S/C47H45N4O/c1-6-22-50(23-7-2)42-20-18-35(37-26-31-14-10-12-16-33(31)28-39(37)42)44-46(41(30-48)49-5)45(47(44)52)36-19-21-43(51(24-8-3)25-9-4)40-29-34-17-13-11-15-32(34)27-38(36)40/h10-21,26-29,44H,6-9,22-25H2,1-4H3/q-1. The molecule has 1 aliphatic rings. The zero-order chi connectivity index (χ0) is 36.4. The van der Waals surface area contributed by atoms with Crippen LogP contribution < -0.4 is 9.80 Å². The number of carbonyl (C=O) groups is 1. The van der Waals surface area contributed by atoms with Crippen molar-refractivity contribution in [3.63, 3.8) is 0 Å². The molecule has 0 aromatic heterocycles. The van der Waals surface area contributed by atoms with Crippen molar-refractivity contribution < 1.29 is 4.79 Å². The van der Waals surface area contributed by atoms with E-state index in [9.17, 15) is 10.2 Å². The van der Waals surface area contributed by atoms with E-state index in [1.807, 2.05) is 12.1 Å². The Labute approximate surface area is 307 Å². The Morgan fingerprint density at radius 2 is 1.10 bits per heavy atom. The number of nitrogens with zero attached hydrogens (tertiary/aromatic N) is 4. The van der Waals surface area contributed by atoms with Crippen molar-refractivity contribution >= 4 is 71.7 Å². The van der Waals surface area contributed by atoms with E-state index in [1.165, 1.54) is 0 Å². The molecule has 7 rings (SSSR count). The van der Waals surface area contributed by atoms with E-state index in [0.29, 0.717) is 11.1 Å². The van der Waals surface area contributed by atoms with Gasteiger partial charge in [0.15, 0.2) is 5.78 Å². The third-order valence-corrected chi connectivity index (χ3v) is 10.5. The molecule has 6 aromatic carbocycles. The number of hydrogen-bond acceptors (Lipinski definition) is 3. The van der Waals surface area contributed by atoms with Crippen LogP contribution in [0.25, 0.3) is 58.9 Å². The lowest BCUT2D eigenvalue weighted by molar-refractivity contribution is -0.115. The van der Waals surface area contributed by atoms with Gasteiger partial charge < -0.3 is 15.2 Å². The zero-order valence-corrected chi connectivity index (χ0v) is 30.7. The van der Waals surface area contributed by atoms with Gasteiger partial charge in [-0.3, -0.25) is 10.7 Å². The van der Waals surface area contributed by atoms with Crippen molar-refractivity contribution in [1.29, 1.82) is 0 Å². The second-order valence-corrected chi connectivity index (χ2v) is 13.9. The molecule has 52 heavy (non-hydrogen) atoms. The average molecular weight is 682 g/mol. The molecule has 0 N–H and O–H groups in total. The van der Waals surface area contributed by atoms with E-state index in [0.717, 1.165) is 117 Å². The van der Waals surface area contributed by atoms with Gasteiger partial charge in [0.25, 0.3) is 0 Å². The van der Waals surface area contributed by atoms with Crippen LogP contribution in [0, 0.1) is 6.57 Å². The minimum Gasteiger partial charge on any atom is -0.775 e. The lowest BCUT2D eigenvalue weighted by Crippen LogP contribution is -2.30. The minimum absolute atomic E-state index is 0.0205. The van der Waals surface area contributed by atoms with E-state index >= 15 is 0 Å². The molecular formula is C47H45N4O-. The number of allylic oxidation sites excluding steroid dienone is 2. The second kappa shape index (κ2) is 14.9. The number of Topliss-reactive ketones (excluding diaryl/α,β-unsaturated/α-hetero) is 1. The first-order chi connectivity index (χ1) is 25.5. The van der Waals surface area contributed by atoms with Crippen molar-refractivity contribution in [2.24, 2.45) is 0 Å². The lowest BCUT2D eigenvalue weighted by Gasteiger charge is -2.35. The highest BCUT2D eigenvalue weighted by atomic mass is 16.1. The number of benzene rings is 6. The van der Waals surface area contributed by atoms with Crippen LogP contribution >= 0.6 is 0 Å². The first kappa shape index (κ1) is 34.7. The third-order valence-electron chi connectivity index (χ3n) is 10.5. The molecule has 260 valence electrons. The molecule has 0 spiro atoms. The summed E-state index contributed by atoms with van der Waals surface area (Å²) in [6.07, 6.45) is 4.09. The van der Waals surface area contributed by atoms with Gasteiger partial charge in [0.1, 0.15) is 0 Å². The lowest BCUT2D eigenvalue weighted by atomic mass is 9.67. The van der Waals surface area contributed by atoms with Crippen molar-refractivity contribution in [1.82, 2.24) is 0 Å². The number of hydrogen-bond donors (Lipinski definition) is 0. The Bertz CT molecular complexity index is 2470. The van der Waals surface area contributed by atoms with Gasteiger partial charge in [0.2, 0.25) is 5.70 Å². The monoisotopic (exact) mass is 681 g/mol. The predicted molar refractivity (Wildman–Crippen MR) is 222 cm³/mol. The molecule has 1 unspecified atom stereocenters. The summed E-state index contributed by atoms with van der Waals surface area (Å²) < 4.78 is 0. The summed E-state index contributed by atoms with van der Waals surface area (Å²) in [7, 11) is 0. The van der Waals surface area contributed by atoms with Crippen LogP contribution in [0.1, 0.15) is 70.4 Å². The van der Waals surface area contributed by atoms with E-state index in [-0.39, 0.29) is 11.5 Å². The molecule has 5 nitrogen and oxygen atoms in total. The molecule has 0 fully saturated rings. The van der Waals surface area contributed by atoms with E-state index in [4.69, 9.17) is 6.57 Å². The molecular weight excluding hydrogens is 637 g/mol. The number of ketones is 1. The quantitative estimate of drug-likeness (QED) is 0.0692. The van der Waals surface area contributed by atoms with Crippen molar-refractivity contribution in [3.8, 4) is 0 Å². The van der Waals surface area contributed by atoms with Gasteiger partial charge in [0, 0.05) is 53.9 Å². The van der Waals surface area contributed by atoms with E-state index < -0.39 is 5.92 Å². The first-order valence-corrected chi connectivity index (χ1v) is 18.8. The maximum absolute atomic E-state index is 14.9. The number of rotatable bonds is 13. The SMILES string of the molecule is [C-]#[N+]C(=C=[N-])C1=C(c2ccc(N(CCC)CCC)c3cc4ccccc4cc23)C(=O)C1c1ccc(N(CCC)CCC)c2cc3ccccc3cc12. The number of anilines is 2. The van der Waals surface area contributed by atoms with Crippen LogP contribution in [0.4, 0.5) is 11.4 Å². The van der Waals surface area contributed by atoms with Gasteiger partial charge in [-0.1, -0.05) is 88.4 Å². The van der Waals surface area contributed by atoms with E-state index in [1.54, 1.807) is 0 Å². The van der Waals surface area contributed by atoms with Crippen LogP contribution in [0.5, 0.6) is 0 Å². The Hall–Kier alpha value is -5.69. The van der Waals surface area contributed by atoms with Gasteiger partial charge in [-0.25, -0.2) is 4.85 Å². The molecule has 0 saturated carbocycles. The maximum Gasteiger partial charge on any atom is 0.210 e. The van der Waals surface area contributed by atoms with Crippen LogP contribution in [0.2, 0.25) is 0 Å².